The topological polar surface area (TPSA) is 56.0 Å². The molecule has 0 saturated carbocycles. The molecule has 0 fully saturated rings. The number of hydrogen-bond acceptors (Lipinski definition) is 6. The van der Waals surface area contributed by atoms with Crippen LogP contribution in [0.1, 0.15) is 22.5 Å². The molecule has 0 aliphatic heterocycles. The Hall–Kier alpha value is -1.44. The highest BCUT2D eigenvalue weighted by Gasteiger charge is 2.10. The average molecular weight is 409 g/mol. The van der Waals surface area contributed by atoms with Crippen molar-refractivity contribution >= 4 is 44.8 Å². The summed E-state index contributed by atoms with van der Waals surface area (Å²) in [6, 6.07) is 11.5. The summed E-state index contributed by atoms with van der Waals surface area (Å²) in [5.74, 6) is 1.47. The van der Waals surface area contributed by atoms with Crippen LogP contribution >= 0.6 is 39.0 Å². The van der Waals surface area contributed by atoms with Crippen LogP contribution in [0.3, 0.4) is 0 Å². The zero-order valence-electron chi connectivity index (χ0n) is 12.1. The Kier molecular flexibility index (Phi) is 5.64. The molecule has 0 unspecified atom stereocenters. The molecule has 2 heterocycles. The summed E-state index contributed by atoms with van der Waals surface area (Å²) in [5, 5.41) is 10.5. The highest BCUT2D eigenvalue weighted by molar-refractivity contribution is 9.10. The average Bonchev–Trinajstić information content (AvgIpc) is 3.23. The molecule has 0 bridgehead atoms. The van der Waals surface area contributed by atoms with Crippen molar-refractivity contribution in [3.05, 3.63) is 51.1 Å². The maximum atomic E-state index is 11.9. The van der Waals surface area contributed by atoms with Gasteiger partial charge in [0.2, 0.25) is 5.89 Å². The second kappa shape index (κ2) is 7.90. The van der Waals surface area contributed by atoms with E-state index in [4.69, 9.17) is 4.42 Å². The second-order valence-corrected chi connectivity index (χ2v) is 7.65. The molecular weight excluding hydrogens is 396 g/mol. The molecule has 2 aromatic heterocycles. The van der Waals surface area contributed by atoms with Crippen LogP contribution in [0.15, 0.2) is 55.9 Å². The van der Waals surface area contributed by atoms with E-state index in [0.717, 1.165) is 27.1 Å². The Bertz CT molecular complexity index is 787. The first-order chi connectivity index (χ1) is 11.2. The van der Waals surface area contributed by atoms with Crippen LogP contribution in [0.4, 0.5) is 0 Å². The molecule has 7 heteroatoms. The molecule has 0 amide bonds. The maximum absolute atomic E-state index is 11.9. The number of Topliss-reactive ketones (excluding diaryl/α,β-unsaturated/α-hetero) is 1. The van der Waals surface area contributed by atoms with Gasteiger partial charge in [-0.05, 0) is 36.1 Å². The van der Waals surface area contributed by atoms with E-state index in [-0.39, 0.29) is 5.78 Å². The fourth-order valence-electron chi connectivity index (χ4n) is 1.96. The summed E-state index contributed by atoms with van der Waals surface area (Å²) >= 11 is 6.39. The Labute approximate surface area is 150 Å². The summed E-state index contributed by atoms with van der Waals surface area (Å²) in [7, 11) is 0. The van der Waals surface area contributed by atoms with Crippen molar-refractivity contribution in [3.63, 3.8) is 0 Å². The van der Waals surface area contributed by atoms with Gasteiger partial charge in [0, 0.05) is 22.2 Å². The van der Waals surface area contributed by atoms with Crippen LogP contribution in [-0.2, 0) is 0 Å². The van der Waals surface area contributed by atoms with E-state index in [1.807, 2.05) is 41.8 Å². The van der Waals surface area contributed by atoms with Gasteiger partial charge in [-0.25, -0.2) is 0 Å². The van der Waals surface area contributed by atoms with Crippen LogP contribution in [0.2, 0.25) is 0 Å². The van der Waals surface area contributed by atoms with Crippen molar-refractivity contribution in [2.75, 3.05) is 5.75 Å². The van der Waals surface area contributed by atoms with Gasteiger partial charge in [-0.3, -0.25) is 4.79 Å². The van der Waals surface area contributed by atoms with Crippen LogP contribution in [0.25, 0.3) is 11.5 Å². The smallest absolute Gasteiger partial charge is 0.276 e. The number of carbonyl (C=O) groups is 1. The number of nitrogens with zero attached hydrogens (tertiary/aromatic N) is 2. The van der Waals surface area contributed by atoms with Crippen molar-refractivity contribution in [1.29, 1.82) is 0 Å². The number of ketones is 1. The molecule has 0 radical (unpaired) electrons. The normalized spacial score (nSPS) is 10.8. The minimum Gasteiger partial charge on any atom is -0.411 e. The molecule has 3 rings (SSSR count). The van der Waals surface area contributed by atoms with Gasteiger partial charge < -0.3 is 4.42 Å². The Morgan fingerprint density at radius 3 is 2.96 bits per heavy atom. The van der Waals surface area contributed by atoms with Crippen LogP contribution < -0.4 is 0 Å². The standard InChI is InChI=1S/C16H13BrN2O2S2/c17-12-5-1-4-11(10-12)15-18-19-16(21-15)23-9-2-6-13(20)14-7-3-8-22-14/h1,3-5,7-8,10H,2,6,9H2. The fourth-order valence-corrected chi connectivity index (χ4v) is 3.75. The highest BCUT2D eigenvalue weighted by Crippen LogP contribution is 2.26. The molecule has 4 nitrogen and oxygen atoms in total. The van der Waals surface area contributed by atoms with Crippen molar-refractivity contribution in [1.82, 2.24) is 10.2 Å². The lowest BCUT2D eigenvalue weighted by Gasteiger charge is -1.97. The number of carbonyl (C=O) groups excluding carboxylic acids is 1. The largest absolute Gasteiger partial charge is 0.411 e. The molecule has 0 N–H and O–H groups in total. The Morgan fingerprint density at radius 2 is 2.17 bits per heavy atom. The van der Waals surface area contributed by atoms with E-state index in [1.54, 1.807) is 0 Å². The quantitative estimate of drug-likeness (QED) is 0.301. The first kappa shape index (κ1) is 16.4. The van der Waals surface area contributed by atoms with E-state index in [2.05, 4.69) is 26.1 Å². The third kappa shape index (κ3) is 4.53. The number of halogens is 1. The monoisotopic (exact) mass is 408 g/mol. The van der Waals surface area contributed by atoms with E-state index in [1.165, 1.54) is 23.1 Å². The van der Waals surface area contributed by atoms with E-state index < -0.39 is 0 Å². The van der Waals surface area contributed by atoms with Crippen molar-refractivity contribution in [2.24, 2.45) is 0 Å². The lowest BCUT2D eigenvalue weighted by molar-refractivity contribution is 0.0986. The van der Waals surface area contributed by atoms with Gasteiger partial charge in [0.05, 0.1) is 4.88 Å². The maximum Gasteiger partial charge on any atom is 0.276 e. The van der Waals surface area contributed by atoms with Crippen molar-refractivity contribution in [3.8, 4) is 11.5 Å². The minimum atomic E-state index is 0.195. The predicted octanol–water partition coefficient (Wildman–Crippen LogP) is 5.32. The summed E-state index contributed by atoms with van der Waals surface area (Å²) in [6.07, 6.45) is 1.33. The van der Waals surface area contributed by atoms with Gasteiger partial charge in [-0.1, -0.05) is 39.8 Å². The van der Waals surface area contributed by atoms with Gasteiger partial charge >= 0.3 is 0 Å². The molecule has 0 spiro atoms. The molecule has 0 aliphatic carbocycles. The van der Waals surface area contributed by atoms with Crippen LogP contribution in [-0.4, -0.2) is 21.7 Å². The van der Waals surface area contributed by atoms with Gasteiger partial charge in [-0.2, -0.15) is 0 Å². The third-order valence-electron chi connectivity index (χ3n) is 3.05. The Balaban J connectivity index is 1.49. The lowest BCUT2D eigenvalue weighted by Crippen LogP contribution is -1.96. The lowest BCUT2D eigenvalue weighted by atomic mass is 10.2. The van der Waals surface area contributed by atoms with E-state index >= 15 is 0 Å². The summed E-state index contributed by atoms with van der Waals surface area (Å²) in [5.41, 5.74) is 0.881. The molecule has 118 valence electrons. The van der Waals surface area contributed by atoms with Gasteiger partial charge in [0.1, 0.15) is 0 Å². The van der Waals surface area contributed by atoms with Gasteiger partial charge in [0.15, 0.2) is 5.78 Å². The molecule has 0 atom stereocenters. The fraction of sp³-hybridized carbons (Fsp3) is 0.188. The number of aromatic nitrogens is 2. The Morgan fingerprint density at radius 1 is 1.26 bits per heavy atom. The number of hydrogen-bond donors (Lipinski definition) is 0. The summed E-state index contributed by atoms with van der Waals surface area (Å²) in [4.78, 5) is 12.7. The highest BCUT2D eigenvalue weighted by atomic mass is 79.9. The minimum absolute atomic E-state index is 0.195. The predicted molar refractivity (Wildman–Crippen MR) is 96.0 cm³/mol. The molecular formula is C16H13BrN2O2S2. The summed E-state index contributed by atoms with van der Waals surface area (Å²) < 4.78 is 6.61. The molecule has 1 aromatic carbocycles. The van der Waals surface area contributed by atoms with Crippen LogP contribution in [0, 0.1) is 0 Å². The van der Waals surface area contributed by atoms with E-state index in [0.29, 0.717) is 17.5 Å². The third-order valence-corrected chi connectivity index (χ3v) is 5.36. The number of thioether (sulfide) groups is 1. The number of rotatable bonds is 7. The first-order valence-electron chi connectivity index (χ1n) is 7.01. The zero-order chi connectivity index (χ0) is 16.1. The zero-order valence-corrected chi connectivity index (χ0v) is 15.3. The SMILES string of the molecule is O=C(CCCSc1nnc(-c2cccc(Br)c2)o1)c1cccs1. The summed E-state index contributed by atoms with van der Waals surface area (Å²) in [6.45, 7) is 0. The molecule has 0 saturated heterocycles. The van der Waals surface area contributed by atoms with Crippen molar-refractivity contribution < 1.29 is 9.21 Å². The molecule has 0 aliphatic rings. The van der Waals surface area contributed by atoms with Gasteiger partial charge in [0.25, 0.3) is 5.22 Å². The second-order valence-electron chi connectivity index (χ2n) is 4.74. The van der Waals surface area contributed by atoms with E-state index in [9.17, 15) is 4.79 Å². The molecule has 3 aromatic rings. The van der Waals surface area contributed by atoms with Crippen molar-refractivity contribution in [2.45, 2.75) is 18.1 Å². The van der Waals surface area contributed by atoms with Gasteiger partial charge in [-0.15, -0.1) is 21.5 Å². The number of benzene rings is 1. The molecule has 23 heavy (non-hydrogen) atoms. The van der Waals surface area contributed by atoms with Crippen LogP contribution in [0.5, 0.6) is 0 Å². The number of thiophene rings is 1. The first-order valence-corrected chi connectivity index (χ1v) is 9.67.